The number of thiophene rings is 1. The second-order valence-electron chi connectivity index (χ2n) is 5.55. The van der Waals surface area contributed by atoms with Gasteiger partial charge in [0.05, 0.1) is 0 Å². The molecule has 0 bridgehead atoms. The standard InChI is InChI=1S/C16H21N5OS/c1-12-19-14(10-15(20-12)21-7-2-3-8-21)17-5-6-18-16(22)13-4-9-23-11-13/h4,9-11H,2-3,5-8H2,1H3,(H,18,22)(H,17,19,20). The van der Waals surface area contributed by atoms with Gasteiger partial charge in [-0.3, -0.25) is 4.79 Å². The first-order chi connectivity index (χ1) is 11.2. The summed E-state index contributed by atoms with van der Waals surface area (Å²) in [5, 5.41) is 9.90. The van der Waals surface area contributed by atoms with E-state index in [4.69, 9.17) is 0 Å². The molecule has 122 valence electrons. The molecule has 2 aromatic heterocycles. The third-order valence-corrected chi connectivity index (χ3v) is 4.44. The molecular weight excluding hydrogens is 310 g/mol. The Labute approximate surface area is 140 Å². The fraction of sp³-hybridized carbons (Fsp3) is 0.438. The molecular formula is C16H21N5OS. The van der Waals surface area contributed by atoms with Gasteiger partial charge in [-0.05, 0) is 31.2 Å². The van der Waals surface area contributed by atoms with Crippen LogP contribution in [0, 0.1) is 6.92 Å². The highest BCUT2D eigenvalue weighted by molar-refractivity contribution is 7.08. The normalized spacial score (nSPS) is 14.0. The summed E-state index contributed by atoms with van der Waals surface area (Å²) < 4.78 is 0. The number of hydrogen-bond donors (Lipinski definition) is 2. The Morgan fingerprint density at radius 1 is 1.30 bits per heavy atom. The summed E-state index contributed by atoms with van der Waals surface area (Å²) in [6.07, 6.45) is 2.45. The van der Waals surface area contributed by atoms with Crippen molar-refractivity contribution in [3.8, 4) is 0 Å². The van der Waals surface area contributed by atoms with Crippen molar-refractivity contribution in [1.29, 1.82) is 0 Å². The minimum Gasteiger partial charge on any atom is -0.368 e. The summed E-state index contributed by atoms with van der Waals surface area (Å²) in [7, 11) is 0. The summed E-state index contributed by atoms with van der Waals surface area (Å²) in [5.74, 6) is 2.52. The quantitative estimate of drug-likeness (QED) is 0.795. The first kappa shape index (κ1) is 15.7. The summed E-state index contributed by atoms with van der Waals surface area (Å²) in [6, 6.07) is 3.81. The fourth-order valence-electron chi connectivity index (χ4n) is 2.61. The van der Waals surface area contributed by atoms with E-state index in [2.05, 4.69) is 25.5 Å². The molecule has 1 aliphatic rings. The minimum atomic E-state index is -0.0373. The number of hydrogen-bond acceptors (Lipinski definition) is 6. The molecule has 0 atom stereocenters. The van der Waals surface area contributed by atoms with Crippen molar-refractivity contribution in [1.82, 2.24) is 15.3 Å². The highest BCUT2D eigenvalue weighted by Gasteiger charge is 2.15. The van der Waals surface area contributed by atoms with Crippen molar-refractivity contribution < 1.29 is 4.79 Å². The molecule has 0 saturated carbocycles. The average Bonchev–Trinajstić information content (AvgIpc) is 3.23. The van der Waals surface area contributed by atoms with E-state index in [1.807, 2.05) is 29.8 Å². The average molecular weight is 331 g/mol. The van der Waals surface area contributed by atoms with Crippen LogP contribution >= 0.6 is 11.3 Å². The molecule has 3 rings (SSSR count). The molecule has 2 N–H and O–H groups in total. The lowest BCUT2D eigenvalue weighted by Crippen LogP contribution is -2.28. The van der Waals surface area contributed by atoms with Crippen molar-refractivity contribution in [2.45, 2.75) is 19.8 Å². The summed E-state index contributed by atoms with van der Waals surface area (Å²) in [5.41, 5.74) is 0.712. The highest BCUT2D eigenvalue weighted by Crippen LogP contribution is 2.20. The van der Waals surface area contributed by atoms with Gasteiger partial charge in [-0.1, -0.05) is 0 Å². The lowest BCUT2D eigenvalue weighted by Gasteiger charge is -2.17. The number of amides is 1. The predicted octanol–water partition coefficient (Wildman–Crippen LogP) is 2.29. The topological polar surface area (TPSA) is 70.2 Å². The minimum absolute atomic E-state index is 0.0373. The van der Waals surface area contributed by atoms with E-state index in [-0.39, 0.29) is 5.91 Å². The Kier molecular flexibility index (Phi) is 5.07. The van der Waals surface area contributed by atoms with Gasteiger partial charge in [0, 0.05) is 43.2 Å². The molecule has 0 aliphatic carbocycles. The SMILES string of the molecule is Cc1nc(NCCNC(=O)c2ccsc2)cc(N2CCCC2)n1. The second kappa shape index (κ2) is 7.41. The maximum Gasteiger partial charge on any atom is 0.252 e. The zero-order chi connectivity index (χ0) is 16.1. The van der Waals surface area contributed by atoms with E-state index in [0.29, 0.717) is 18.7 Å². The van der Waals surface area contributed by atoms with Gasteiger partial charge in [-0.2, -0.15) is 11.3 Å². The molecule has 0 radical (unpaired) electrons. The van der Waals surface area contributed by atoms with Crippen molar-refractivity contribution in [2.75, 3.05) is 36.4 Å². The molecule has 1 fully saturated rings. The molecule has 2 aromatic rings. The van der Waals surface area contributed by atoms with Gasteiger partial charge < -0.3 is 15.5 Å². The third-order valence-electron chi connectivity index (χ3n) is 3.75. The zero-order valence-electron chi connectivity index (χ0n) is 13.2. The predicted molar refractivity (Wildman–Crippen MR) is 93.4 cm³/mol. The Morgan fingerprint density at radius 3 is 2.87 bits per heavy atom. The van der Waals surface area contributed by atoms with Crippen LogP contribution in [0.15, 0.2) is 22.9 Å². The van der Waals surface area contributed by atoms with E-state index in [0.717, 1.165) is 30.5 Å². The smallest absolute Gasteiger partial charge is 0.252 e. The van der Waals surface area contributed by atoms with Crippen molar-refractivity contribution in [2.24, 2.45) is 0 Å². The molecule has 1 saturated heterocycles. The van der Waals surface area contributed by atoms with Crippen LogP contribution < -0.4 is 15.5 Å². The van der Waals surface area contributed by atoms with Crippen LogP contribution in [0.2, 0.25) is 0 Å². The molecule has 23 heavy (non-hydrogen) atoms. The Bertz CT molecular complexity index is 652. The fourth-order valence-corrected chi connectivity index (χ4v) is 3.25. The van der Waals surface area contributed by atoms with Crippen LogP contribution in [0.1, 0.15) is 29.0 Å². The highest BCUT2D eigenvalue weighted by atomic mass is 32.1. The van der Waals surface area contributed by atoms with Crippen LogP contribution in [0.3, 0.4) is 0 Å². The molecule has 1 amide bonds. The monoisotopic (exact) mass is 331 g/mol. The number of rotatable bonds is 6. The lowest BCUT2D eigenvalue weighted by atomic mass is 10.3. The van der Waals surface area contributed by atoms with Crippen LogP contribution in [0.4, 0.5) is 11.6 Å². The molecule has 6 nitrogen and oxygen atoms in total. The van der Waals surface area contributed by atoms with Crippen molar-refractivity contribution in [3.63, 3.8) is 0 Å². The van der Waals surface area contributed by atoms with E-state index in [9.17, 15) is 4.79 Å². The second-order valence-corrected chi connectivity index (χ2v) is 6.33. The molecule has 1 aliphatic heterocycles. The number of anilines is 2. The number of aryl methyl sites for hydroxylation is 1. The van der Waals surface area contributed by atoms with Crippen molar-refractivity contribution in [3.05, 3.63) is 34.3 Å². The molecule has 7 heteroatoms. The van der Waals surface area contributed by atoms with Crippen LogP contribution in [0.5, 0.6) is 0 Å². The Balaban J connectivity index is 1.51. The van der Waals surface area contributed by atoms with Gasteiger partial charge in [0.1, 0.15) is 17.5 Å². The molecule has 0 aromatic carbocycles. The maximum absolute atomic E-state index is 11.8. The number of nitrogens with zero attached hydrogens (tertiary/aromatic N) is 3. The van der Waals surface area contributed by atoms with Gasteiger partial charge in [-0.25, -0.2) is 9.97 Å². The Morgan fingerprint density at radius 2 is 2.13 bits per heavy atom. The third kappa shape index (κ3) is 4.19. The van der Waals surface area contributed by atoms with Crippen LogP contribution in [-0.2, 0) is 0 Å². The van der Waals surface area contributed by atoms with Gasteiger partial charge in [0.15, 0.2) is 0 Å². The largest absolute Gasteiger partial charge is 0.368 e. The number of nitrogens with one attached hydrogen (secondary N) is 2. The zero-order valence-corrected chi connectivity index (χ0v) is 14.0. The number of aromatic nitrogens is 2. The van der Waals surface area contributed by atoms with Crippen LogP contribution in [0.25, 0.3) is 0 Å². The molecule has 3 heterocycles. The Hall–Kier alpha value is -2.15. The first-order valence-electron chi connectivity index (χ1n) is 7.87. The summed E-state index contributed by atoms with van der Waals surface area (Å²) >= 11 is 1.52. The first-order valence-corrected chi connectivity index (χ1v) is 8.81. The van der Waals surface area contributed by atoms with Gasteiger partial charge in [0.2, 0.25) is 0 Å². The number of carbonyl (C=O) groups is 1. The maximum atomic E-state index is 11.8. The number of carbonyl (C=O) groups excluding carboxylic acids is 1. The van der Waals surface area contributed by atoms with Crippen LogP contribution in [-0.4, -0.2) is 42.1 Å². The van der Waals surface area contributed by atoms with E-state index >= 15 is 0 Å². The molecule has 0 spiro atoms. The van der Waals surface area contributed by atoms with Gasteiger partial charge in [-0.15, -0.1) is 0 Å². The summed E-state index contributed by atoms with van der Waals surface area (Å²) in [6.45, 7) is 5.21. The van der Waals surface area contributed by atoms with Crippen molar-refractivity contribution >= 4 is 28.9 Å². The van der Waals surface area contributed by atoms with Gasteiger partial charge >= 0.3 is 0 Å². The summed E-state index contributed by atoms with van der Waals surface area (Å²) in [4.78, 5) is 23.0. The lowest BCUT2D eigenvalue weighted by molar-refractivity contribution is 0.0955. The molecule has 0 unspecified atom stereocenters. The van der Waals surface area contributed by atoms with E-state index < -0.39 is 0 Å². The van der Waals surface area contributed by atoms with Gasteiger partial charge in [0.25, 0.3) is 5.91 Å². The van der Waals surface area contributed by atoms with E-state index in [1.54, 1.807) is 0 Å². The van der Waals surface area contributed by atoms with E-state index in [1.165, 1.54) is 24.2 Å².